The second-order valence-electron chi connectivity index (χ2n) is 6.58. The van der Waals surface area contributed by atoms with Crippen molar-refractivity contribution in [2.24, 2.45) is 0 Å². The average molecular weight is 354 g/mol. The fraction of sp³-hybridized carbons (Fsp3) is 0.300. The van der Waals surface area contributed by atoms with Crippen LogP contribution in [0.4, 0.5) is 5.95 Å². The van der Waals surface area contributed by atoms with E-state index in [1.54, 1.807) is 6.07 Å². The van der Waals surface area contributed by atoms with Crippen molar-refractivity contribution in [2.75, 3.05) is 5.32 Å². The Morgan fingerprint density at radius 2 is 1.76 bits per heavy atom. The van der Waals surface area contributed by atoms with E-state index in [4.69, 9.17) is 16.6 Å². The molecular weight excluding hydrogens is 334 g/mol. The molecule has 2 aromatic carbocycles. The Bertz CT molecular complexity index is 889. The zero-order chi connectivity index (χ0) is 17.2. The number of aromatic nitrogens is 2. The highest BCUT2D eigenvalue weighted by Gasteiger charge is 2.16. The lowest BCUT2D eigenvalue weighted by atomic mass is 9.96. The average Bonchev–Trinajstić information content (AvgIpc) is 2.64. The number of benzene rings is 2. The van der Waals surface area contributed by atoms with Crippen LogP contribution in [0, 0.1) is 0 Å². The third kappa shape index (κ3) is 3.40. The number of fused-ring (bicyclic) bond motifs is 1. The van der Waals surface area contributed by atoms with Gasteiger partial charge in [-0.3, -0.25) is 0 Å². The zero-order valence-corrected chi connectivity index (χ0v) is 14.6. The van der Waals surface area contributed by atoms with Gasteiger partial charge in [0.15, 0.2) is 0 Å². The van der Waals surface area contributed by atoms with Gasteiger partial charge in [0.05, 0.1) is 11.1 Å². The van der Waals surface area contributed by atoms with Crippen LogP contribution in [0.1, 0.15) is 32.1 Å². The summed E-state index contributed by atoms with van der Waals surface area (Å²) >= 11 is 5.99. The lowest BCUT2D eigenvalue weighted by Crippen LogP contribution is -2.23. The predicted molar refractivity (Wildman–Crippen MR) is 102 cm³/mol. The van der Waals surface area contributed by atoms with Crippen molar-refractivity contribution in [1.82, 2.24) is 9.97 Å². The Morgan fingerprint density at radius 1 is 1.00 bits per heavy atom. The topological polar surface area (TPSA) is 58.0 Å². The van der Waals surface area contributed by atoms with E-state index in [9.17, 15) is 5.11 Å². The number of nitrogens with one attached hydrogen (secondary N) is 1. The van der Waals surface area contributed by atoms with E-state index >= 15 is 0 Å². The molecule has 0 amide bonds. The van der Waals surface area contributed by atoms with E-state index in [-0.39, 0.29) is 5.75 Å². The number of hydrogen-bond acceptors (Lipinski definition) is 4. The maximum atomic E-state index is 10.4. The minimum atomic E-state index is 0.206. The van der Waals surface area contributed by atoms with E-state index in [2.05, 4.69) is 10.3 Å². The van der Waals surface area contributed by atoms with Crippen LogP contribution in [0.25, 0.3) is 22.0 Å². The molecule has 3 aromatic rings. The first-order valence-corrected chi connectivity index (χ1v) is 9.10. The summed E-state index contributed by atoms with van der Waals surface area (Å²) in [4.78, 5) is 9.17. The summed E-state index contributed by atoms with van der Waals surface area (Å²) in [5.74, 6) is 0.831. The number of anilines is 1. The molecule has 5 heteroatoms. The number of rotatable bonds is 3. The van der Waals surface area contributed by atoms with Crippen LogP contribution in [0.15, 0.2) is 42.6 Å². The van der Waals surface area contributed by atoms with Gasteiger partial charge in [-0.25, -0.2) is 9.97 Å². The lowest BCUT2D eigenvalue weighted by Gasteiger charge is -2.22. The Kier molecular flexibility index (Phi) is 4.45. The molecule has 0 atom stereocenters. The molecule has 1 aliphatic carbocycles. The SMILES string of the molecule is Oc1ccc2cnc(NC3CCCCC3)nc2c1-c1ccc(Cl)cc1. The normalized spacial score (nSPS) is 15.4. The number of hydrogen-bond donors (Lipinski definition) is 2. The maximum absolute atomic E-state index is 10.4. The second-order valence-corrected chi connectivity index (χ2v) is 7.01. The molecule has 0 radical (unpaired) electrons. The Hall–Kier alpha value is -2.33. The van der Waals surface area contributed by atoms with Gasteiger partial charge in [0.1, 0.15) is 5.75 Å². The highest BCUT2D eigenvalue weighted by atomic mass is 35.5. The molecule has 1 fully saturated rings. The van der Waals surface area contributed by atoms with Crippen LogP contribution in [0.5, 0.6) is 5.75 Å². The Balaban J connectivity index is 1.76. The molecule has 0 spiro atoms. The van der Waals surface area contributed by atoms with E-state index in [1.165, 1.54) is 19.3 Å². The van der Waals surface area contributed by atoms with Crippen LogP contribution in [0.3, 0.4) is 0 Å². The van der Waals surface area contributed by atoms with E-state index in [1.807, 2.05) is 36.5 Å². The van der Waals surface area contributed by atoms with E-state index in [0.29, 0.717) is 22.6 Å². The maximum Gasteiger partial charge on any atom is 0.223 e. The molecule has 25 heavy (non-hydrogen) atoms. The van der Waals surface area contributed by atoms with Crippen molar-refractivity contribution in [2.45, 2.75) is 38.1 Å². The standard InChI is InChI=1S/C20H20ClN3O/c21-15-9-6-13(7-10-15)18-17(25)11-8-14-12-22-20(24-19(14)18)23-16-4-2-1-3-5-16/h6-12,16,25H,1-5H2,(H,22,23,24). The van der Waals surface area contributed by atoms with Gasteiger partial charge in [-0.15, -0.1) is 0 Å². The number of phenols is 1. The van der Waals surface area contributed by atoms with Crippen molar-refractivity contribution < 1.29 is 5.11 Å². The van der Waals surface area contributed by atoms with Crippen LogP contribution < -0.4 is 5.32 Å². The van der Waals surface area contributed by atoms with Gasteiger partial charge in [0.2, 0.25) is 5.95 Å². The van der Waals surface area contributed by atoms with Crippen molar-refractivity contribution in [3.05, 3.63) is 47.6 Å². The van der Waals surface area contributed by atoms with Gasteiger partial charge in [-0.2, -0.15) is 0 Å². The number of nitrogens with zero attached hydrogens (tertiary/aromatic N) is 2. The van der Waals surface area contributed by atoms with Crippen molar-refractivity contribution in [3.8, 4) is 16.9 Å². The van der Waals surface area contributed by atoms with Crippen LogP contribution in [0.2, 0.25) is 5.02 Å². The third-order valence-electron chi connectivity index (χ3n) is 4.80. The van der Waals surface area contributed by atoms with Crippen LogP contribution in [-0.4, -0.2) is 21.1 Å². The predicted octanol–water partition coefficient (Wildman–Crippen LogP) is 5.40. The molecule has 4 rings (SSSR count). The van der Waals surface area contributed by atoms with Crippen molar-refractivity contribution in [1.29, 1.82) is 0 Å². The van der Waals surface area contributed by atoms with Crippen LogP contribution in [-0.2, 0) is 0 Å². The summed E-state index contributed by atoms with van der Waals surface area (Å²) in [7, 11) is 0. The quantitative estimate of drug-likeness (QED) is 0.661. The molecule has 2 N–H and O–H groups in total. The Morgan fingerprint density at radius 3 is 2.52 bits per heavy atom. The molecule has 1 heterocycles. The minimum absolute atomic E-state index is 0.206. The Labute approximate surface area is 151 Å². The first-order chi connectivity index (χ1) is 12.2. The first-order valence-electron chi connectivity index (χ1n) is 8.72. The molecule has 1 aliphatic rings. The third-order valence-corrected chi connectivity index (χ3v) is 5.05. The number of phenolic OH excluding ortho intramolecular Hbond substituents is 1. The minimum Gasteiger partial charge on any atom is -0.507 e. The van der Waals surface area contributed by atoms with Gasteiger partial charge in [-0.1, -0.05) is 43.0 Å². The summed E-state index contributed by atoms with van der Waals surface area (Å²) in [5, 5.41) is 15.4. The first kappa shape index (κ1) is 16.2. The summed E-state index contributed by atoms with van der Waals surface area (Å²) in [6.45, 7) is 0. The summed E-state index contributed by atoms with van der Waals surface area (Å²) in [5.41, 5.74) is 2.34. The number of aromatic hydroxyl groups is 1. The van der Waals surface area contributed by atoms with Gasteiger partial charge < -0.3 is 10.4 Å². The lowest BCUT2D eigenvalue weighted by molar-refractivity contribution is 0.461. The molecule has 4 nitrogen and oxygen atoms in total. The van der Waals surface area contributed by atoms with E-state index < -0.39 is 0 Å². The van der Waals surface area contributed by atoms with Crippen LogP contribution >= 0.6 is 11.6 Å². The molecule has 1 saturated carbocycles. The zero-order valence-electron chi connectivity index (χ0n) is 13.9. The molecule has 0 saturated heterocycles. The fourth-order valence-electron chi connectivity index (χ4n) is 3.49. The van der Waals surface area contributed by atoms with E-state index in [0.717, 1.165) is 29.3 Å². The van der Waals surface area contributed by atoms with Crippen molar-refractivity contribution >= 4 is 28.5 Å². The molecular formula is C20H20ClN3O. The fourth-order valence-corrected chi connectivity index (χ4v) is 3.61. The molecule has 128 valence electrons. The molecule has 0 unspecified atom stereocenters. The summed E-state index contributed by atoms with van der Waals surface area (Å²) in [6.07, 6.45) is 7.94. The summed E-state index contributed by atoms with van der Waals surface area (Å²) < 4.78 is 0. The molecule has 0 bridgehead atoms. The van der Waals surface area contributed by atoms with Gasteiger partial charge in [-0.05, 0) is 42.7 Å². The smallest absolute Gasteiger partial charge is 0.223 e. The monoisotopic (exact) mass is 353 g/mol. The highest BCUT2D eigenvalue weighted by Crippen LogP contribution is 2.36. The number of halogens is 1. The van der Waals surface area contributed by atoms with Gasteiger partial charge in [0, 0.05) is 22.6 Å². The van der Waals surface area contributed by atoms with Gasteiger partial charge >= 0.3 is 0 Å². The molecule has 0 aliphatic heterocycles. The van der Waals surface area contributed by atoms with Crippen molar-refractivity contribution in [3.63, 3.8) is 0 Å². The second kappa shape index (κ2) is 6.89. The van der Waals surface area contributed by atoms with Gasteiger partial charge in [0.25, 0.3) is 0 Å². The highest BCUT2D eigenvalue weighted by molar-refractivity contribution is 6.30. The summed E-state index contributed by atoms with van der Waals surface area (Å²) in [6, 6.07) is 11.4. The largest absolute Gasteiger partial charge is 0.507 e. The molecule has 1 aromatic heterocycles.